The van der Waals surface area contributed by atoms with Crippen molar-refractivity contribution < 1.29 is 41.8 Å². The number of piperidine rings is 1. The van der Waals surface area contributed by atoms with Gasteiger partial charge in [-0.25, -0.2) is 14.2 Å². The third-order valence-electron chi connectivity index (χ3n) is 7.46. The Hall–Kier alpha value is -4.69. The van der Waals surface area contributed by atoms with Crippen molar-refractivity contribution in [3.05, 3.63) is 69.3 Å². The van der Waals surface area contributed by atoms with Gasteiger partial charge in [0.2, 0.25) is 0 Å². The van der Waals surface area contributed by atoms with Crippen LogP contribution in [-0.4, -0.2) is 75.5 Å². The number of rotatable bonds is 7. The average Bonchev–Trinajstić information content (AvgIpc) is 2.94. The fraction of sp³-hybridized carbons (Fsp3) is 0.452. The Labute approximate surface area is 261 Å². The van der Waals surface area contributed by atoms with Crippen LogP contribution in [0.4, 0.5) is 28.0 Å². The Morgan fingerprint density at radius 1 is 1.13 bits per heavy atom. The van der Waals surface area contributed by atoms with E-state index < -0.39 is 59.6 Å². The number of amides is 2. The smallest absolute Gasteiger partial charge is 0.416 e. The number of alkyl halides is 4. The van der Waals surface area contributed by atoms with Crippen molar-refractivity contribution in [2.45, 2.75) is 71.2 Å². The molecule has 2 N–H and O–H groups in total. The minimum absolute atomic E-state index is 0.0311. The van der Waals surface area contributed by atoms with Crippen LogP contribution in [0.3, 0.4) is 0 Å². The molecule has 0 saturated carbocycles. The van der Waals surface area contributed by atoms with Gasteiger partial charge in [0.15, 0.2) is 0 Å². The van der Waals surface area contributed by atoms with Gasteiger partial charge in [-0.3, -0.25) is 19.0 Å². The van der Waals surface area contributed by atoms with Gasteiger partial charge < -0.3 is 25.0 Å². The van der Waals surface area contributed by atoms with E-state index in [0.29, 0.717) is 5.69 Å². The first-order chi connectivity index (χ1) is 21.3. The SMILES string of the molecule is Cc1nc2cc(C(F)(F)F)c(CN(C)c3ccc(C(=O)N4CCC(NC(=O)OC(C)(C)C)C(F)C4)cc3)cc2c(=O)n1CC(=O)O. The molecule has 1 fully saturated rings. The Balaban J connectivity index is 1.50. The zero-order chi connectivity index (χ0) is 34.1. The number of carbonyl (C=O) groups excluding carboxylic acids is 2. The van der Waals surface area contributed by atoms with Gasteiger partial charge >= 0.3 is 18.2 Å². The van der Waals surface area contributed by atoms with Crippen molar-refractivity contribution >= 4 is 34.6 Å². The van der Waals surface area contributed by atoms with Crippen molar-refractivity contribution in [3.63, 3.8) is 0 Å². The van der Waals surface area contributed by atoms with E-state index in [-0.39, 0.29) is 53.9 Å². The van der Waals surface area contributed by atoms with Gasteiger partial charge in [0.1, 0.15) is 24.1 Å². The second-order valence-corrected chi connectivity index (χ2v) is 12.2. The number of aryl methyl sites for hydroxylation is 1. The molecule has 1 aliphatic rings. The number of carboxylic acid groups (broad SMARTS) is 1. The minimum atomic E-state index is -4.77. The number of aliphatic carboxylic acids is 1. The van der Waals surface area contributed by atoms with E-state index in [1.165, 1.54) is 48.0 Å². The van der Waals surface area contributed by atoms with Crippen molar-refractivity contribution in [1.82, 2.24) is 19.8 Å². The number of halogens is 4. The van der Waals surface area contributed by atoms with Gasteiger partial charge in [0.05, 0.1) is 29.1 Å². The number of nitrogens with zero attached hydrogens (tertiary/aromatic N) is 4. The van der Waals surface area contributed by atoms with E-state index in [1.54, 1.807) is 20.8 Å². The summed E-state index contributed by atoms with van der Waals surface area (Å²) in [4.78, 5) is 56.2. The fourth-order valence-electron chi connectivity index (χ4n) is 5.24. The molecule has 1 aromatic heterocycles. The largest absolute Gasteiger partial charge is 0.480 e. The first kappa shape index (κ1) is 34.2. The number of alkyl carbamates (subject to hydrolysis) is 1. The highest BCUT2D eigenvalue weighted by Gasteiger charge is 2.35. The quantitative estimate of drug-likeness (QED) is 0.357. The number of nitrogens with one attached hydrogen (secondary N) is 1. The monoisotopic (exact) mass is 649 g/mol. The molecule has 2 atom stereocenters. The maximum Gasteiger partial charge on any atom is 0.416 e. The molecule has 0 radical (unpaired) electrons. The first-order valence-corrected chi connectivity index (χ1v) is 14.4. The molecule has 0 aliphatic carbocycles. The van der Waals surface area contributed by atoms with Crippen LogP contribution in [-0.2, 0) is 28.8 Å². The van der Waals surface area contributed by atoms with Gasteiger partial charge in [-0.05, 0) is 76.1 Å². The minimum Gasteiger partial charge on any atom is -0.480 e. The standard InChI is InChI=1S/C31H35F4N5O6/c1-17-36-25-13-22(31(33,34)35)19(12-21(25)28(44)40(17)16-26(41)42)14-38(5)20-8-6-18(7-9-20)27(43)39-11-10-24(23(32)15-39)37-29(45)46-30(2,3)4/h6-9,12-13,23-24H,10-11,14-16H2,1-5H3,(H,37,45)(H,41,42). The predicted octanol–water partition coefficient (Wildman–Crippen LogP) is 4.52. The number of carboxylic acids is 1. The van der Waals surface area contributed by atoms with Gasteiger partial charge in [-0.1, -0.05) is 0 Å². The molecule has 248 valence electrons. The van der Waals surface area contributed by atoms with Gasteiger partial charge in [-0.15, -0.1) is 0 Å². The lowest BCUT2D eigenvalue weighted by molar-refractivity contribution is -0.138. The molecule has 46 heavy (non-hydrogen) atoms. The molecule has 1 saturated heterocycles. The summed E-state index contributed by atoms with van der Waals surface area (Å²) in [7, 11) is 1.54. The lowest BCUT2D eigenvalue weighted by Crippen LogP contribution is -2.54. The molecular formula is C31H35F4N5O6. The van der Waals surface area contributed by atoms with Crippen LogP contribution in [0.5, 0.6) is 0 Å². The number of carbonyl (C=O) groups is 3. The number of hydrogen-bond acceptors (Lipinski definition) is 7. The van der Waals surface area contributed by atoms with Crippen LogP contribution in [0.1, 0.15) is 54.5 Å². The summed E-state index contributed by atoms with van der Waals surface area (Å²) in [6.45, 7) is 5.37. The van der Waals surface area contributed by atoms with E-state index >= 15 is 0 Å². The maximum atomic E-state index is 14.9. The predicted molar refractivity (Wildman–Crippen MR) is 161 cm³/mol. The van der Waals surface area contributed by atoms with Crippen molar-refractivity contribution in [2.75, 3.05) is 25.0 Å². The molecule has 0 bridgehead atoms. The average molecular weight is 650 g/mol. The molecule has 1 aliphatic heterocycles. The van der Waals surface area contributed by atoms with E-state index in [0.717, 1.165) is 16.7 Å². The van der Waals surface area contributed by atoms with Crippen LogP contribution in [0.25, 0.3) is 10.9 Å². The highest BCUT2D eigenvalue weighted by Crippen LogP contribution is 2.35. The summed E-state index contributed by atoms with van der Waals surface area (Å²) >= 11 is 0. The van der Waals surface area contributed by atoms with Crippen LogP contribution in [0.2, 0.25) is 0 Å². The first-order valence-electron chi connectivity index (χ1n) is 14.4. The number of hydrogen-bond donors (Lipinski definition) is 2. The number of likely N-dealkylation sites (tertiary alicyclic amines) is 1. The van der Waals surface area contributed by atoms with Gasteiger partial charge in [0.25, 0.3) is 11.5 Å². The summed E-state index contributed by atoms with van der Waals surface area (Å²) in [5, 5.41) is 11.5. The summed E-state index contributed by atoms with van der Waals surface area (Å²) < 4.78 is 63.2. The molecule has 2 heterocycles. The van der Waals surface area contributed by atoms with Crippen LogP contribution < -0.4 is 15.8 Å². The molecule has 11 nitrogen and oxygen atoms in total. The third-order valence-corrected chi connectivity index (χ3v) is 7.46. The zero-order valence-electron chi connectivity index (χ0n) is 25.9. The number of benzene rings is 2. The highest BCUT2D eigenvalue weighted by molar-refractivity contribution is 5.94. The molecule has 0 spiro atoms. The second kappa shape index (κ2) is 13.0. The molecule has 4 rings (SSSR count). The van der Waals surface area contributed by atoms with Crippen LogP contribution >= 0.6 is 0 Å². The second-order valence-electron chi connectivity index (χ2n) is 12.2. The van der Waals surface area contributed by atoms with E-state index in [9.17, 15) is 36.7 Å². The van der Waals surface area contributed by atoms with E-state index in [1.807, 2.05) is 0 Å². The van der Waals surface area contributed by atoms with Crippen molar-refractivity contribution in [2.24, 2.45) is 0 Å². The third kappa shape index (κ3) is 7.93. The Morgan fingerprint density at radius 3 is 2.35 bits per heavy atom. The molecule has 2 unspecified atom stereocenters. The molecule has 2 aromatic carbocycles. The Bertz CT molecular complexity index is 1700. The maximum absolute atomic E-state index is 14.9. The lowest BCUT2D eigenvalue weighted by atomic mass is 10.0. The summed E-state index contributed by atoms with van der Waals surface area (Å²) in [6.07, 6.45) is -6.85. The number of fused-ring (bicyclic) bond motifs is 1. The molecule has 15 heteroatoms. The van der Waals surface area contributed by atoms with Gasteiger partial charge in [0, 0.05) is 31.4 Å². The van der Waals surface area contributed by atoms with E-state index in [4.69, 9.17) is 9.84 Å². The van der Waals surface area contributed by atoms with Crippen LogP contribution in [0.15, 0.2) is 41.2 Å². The Kier molecular flexibility index (Phi) is 9.64. The number of aromatic nitrogens is 2. The lowest BCUT2D eigenvalue weighted by Gasteiger charge is -2.35. The van der Waals surface area contributed by atoms with Crippen molar-refractivity contribution in [3.8, 4) is 0 Å². The van der Waals surface area contributed by atoms with Crippen LogP contribution in [0, 0.1) is 6.92 Å². The fourth-order valence-corrected chi connectivity index (χ4v) is 5.24. The molecular weight excluding hydrogens is 614 g/mol. The summed E-state index contributed by atoms with van der Waals surface area (Å²) in [5.41, 5.74) is -2.25. The zero-order valence-corrected chi connectivity index (χ0v) is 25.9. The Morgan fingerprint density at radius 2 is 1.78 bits per heavy atom. The highest BCUT2D eigenvalue weighted by atomic mass is 19.4. The van der Waals surface area contributed by atoms with Gasteiger partial charge in [-0.2, -0.15) is 13.2 Å². The molecule has 2 amide bonds. The summed E-state index contributed by atoms with van der Waals surface area (Å²) in [5.74, 6) is -1.78. The molecule has 3 aromatic rings. The van der Waals surface area contributed by atoms with E-state index in [2.05, 4.69) is 10.3 Å². The van der Waals surface area contributed by atoms with Crippen molar-refractivity contribution in [1.29, 1.82) is 0 Å². The topological polar surface area (TPSA) is 134 Å². The number of ether oxygens (including phenoxy) is 1. The summed E-state index contributed by atoms with van der Waals surface area (Å²) in [6, 6.07) is 7.08. The number of anilines is 1. The normalized spacial score (nSPS) is 17.1.